The Morgan fingerprint density at radius 1 is 1.58 bits per heavy atom. The number of halogens is 1. The second-order valence-electron chi connectivity index (χ2n) is 2.91. The molecule has 0 radical (unpaired) electrons. The van der Waals surface area contributed by atoms with Crippen LogP contribution >= 0.6 is 15.9 Å². The summed E-state index contributed by atoms with van der Waals surface area (Å²) >= 11 is 3.39. The standard InChI is InChI=1S/C9H13BrN2/c1-6(5-10)9-7(2)11-12(4)8(9)3/h1,5H2,2-4H3. The lowest BCUT2D eigenvalue weighted by Gasteiger charge is -2.01. The van der Waals surface area contributed by atoms with Crippen LogP contribution in [-0.4, -0.2) is 15.1 Å². The zero-order valence-electron chi connectivity index (χ0n) is 7.69. The lowest BCUT2D eigenvalue weighted by atomic mass is 10.1. The van der Waals surface area contributed by atoms with Crippen LogP contribution in [-0.2, 0) is 7.05 Å². The van der Waals surface area contributed by atoms with Gasteiger partial charge in [-0.2, -0.15) is 5.10 Å². The molecule has 1 rings (SSSR count). The van der Waals surface area contributed by atoms with E-state index in [-0.39, 0.29) is 0 Å². The van der Waals surface area contributed by atoms with E-state index in [1.807, 2.05) is 18.7 Å². The number of allylic oxidation sites excluding steroid dienone is 1. The Bertz CT molecular complexity index is 313. The SMILES string of the molecule is C=C(CBr)c1c(C)nn(C)c1C. The van der Waals surface area contributed by atoms with E-state index in [0.29, 0.717) is 0 Å². The minimum atomic E-state index is 0.806. The van der Waals surface area contributed by atoms with Crippen molar-refractivity contribution in [2.45, 2.75) is 13.8 Å². The molecule has 0 spiro atoms. The van der Waals surface area contributed by atoms with E-state index in [0.717, 1.165) is 16.6 Å². The normalized spacial score (nSPS) is 10.3. The molecule has 0 unspecified atom stereocenters. The van der Waals surface area contributed by atoms with Gasteiger partial charge in [-0.15, -0.1) is 0 Å². The zero-order chi connectivity index (χ0) is 9.30. The summed E-state index contributed by atoms with van der Waals surface area (Å²) in [6.45, 7) is 8.05. The van der Waals surface area contributed by atoms with Crippen molar-refractivity contribution >= 4 is 21.5 Å². The van der Waals surface area contributed by atoms with E-state index in [2.05, 4.69) is 34.5 Å². The van der Waals surface area contributed by atoms with Crippen LogP contribution in [0.2, 0.25) is 0 Å². The van der Waals surface area contributed by atoms with Gasteiger partial charge in [0.1, 0.15) is 0 Å². The molecule has 66 valence electrons. The van der Waals surface area contributed by atoms with Gasteiger partial charge in [-0.05, 0) is 19.4 Å². The third-order valence-corrected chi connectivity index (χ3v) is 2.70. The van der Waals surface area contributed by atoms with Crippen LogP contribution in [0.15, 0.2) is 6.58 Å². The third-order valence-electron chi connectivity index (χ3n) is 2.02. The average Bonchev–Trinajstić information content (AvgIpc) is 2.26. The minimum absolute atomic E-state index is 0.806. The second-order valence-corrected chi connectivity index (χ2v) is 3.47. The zero-order valence-corrected chi connectivity index (χ0v) is 9.27. The summed E-state index contributed by atoms with van der Waals surface area (Å²) in [5.74, 6) is 0. The predicted octanol–water partition coefficient (Wildman–Crippen LogP) is 2.45. The fraction of sp³-hybridized carbons (Fsp3) is 0.444. The van der Waals surface area contributed by atoms with Gasteiger partial charge in [0.05, 0.1) is 5.69 Å². The summed E-state index contributed by atoms with van der Waals surface area (Å²) in [4.78, 5) is 0. The van der Waals surface area contributed by atoms with Crippen LogP contribution in [0.5, 0.6) is 0 Å². The number of nitrogens with zero attached hydrogens (tertiary/aromatic N) is 2. The Balaban J connectivity index is 3.22. The van der Waals surface area contributed by atoms with Gasteiger partial charge >= 0.3 is 0 Å². The molecule has 0 bridgehead atoms. The number of hydrogen-bond acceptors (Lipinski definition) is 1. The number of aromatic nitrogens is 2. The molecule has 0 N–H and O–H groups in total. The lowest BCUT2D eigenvalue weighted by molar-refractivity contribution is 0.731. The summed E-state index contributed by atoms with van der Waals surface area (Å²) in [6, 6.07) is 0. The maximum Gasteiger partial charge on any atom is 0.0671 e. The van der Waals surface area contributed by atoms with E-state index >= 15 is 0 Å². The van der Waals surface area contributed by atoms with Crippen LogP contribution in [0.1, 0.15) is 17.0 Å². The predicted molar refractivity (Wildman–Crippen MR) is 55.5 cm³/mol. The van der Waals surface area contributed by atoms with E-state index in [4.69, 9.17) is 0 Å². The van der Waals surface area contributed by atoms with Crippen LogP contribution in [0.4, 0.5) is 0 Å². The highest BCUT2D eigenvalue weighted by Gasteiger charge is 2.10. The van der Waals surface area contributed by atoms with E-state index in [1.165, 1.54) is 11.3 Å². The largest absolute Gasteiger partial charge is 0.272 e. The summed E-state index contributed by atoms with van der Waals surface area (Å²) in [5.41, 5.74) is 4.52. The molecule has 0 amide bonds. The highest BCUT2D eigenvalue weighted by Crippen LogP contribution is 2.21. The average molecular weight is 229 g/mol. The highest BCUT2D eigenvalue weighted by molar-refractivity contribution is 9.09. The molecule has 3 heteroatoms. The molecule has 0 atom stereocenters. The second kappa shape index (κ2) is 3.44. The summed E-state index contributed by atoms with van der Waals surface area (Å²) in [7, 11) is 1.95. The first-order chi connectivity index (χ1) is 5.57. The number of aryl methyl sites for hydroxylation is 2. The van der Waals surface area contributed by atoms with Crippen LogP contribution < -0.4 is 0 Å². The number of hydrogen-bond donors (Lipinski definition) is 0. The van der Waals surface area contributed by atoms with Gasteiger partial charge in [0.15, 0.2) is 0 Å². The fourth-order valence-electron chi connectivity index (χ4n) is 1.35. The molecule has 0 saturated carbocycles. The highest BCUT2D eigenvalue weighted by atomic mass is 79.9. The molecule has 12 heavy (non-hydrogen) atoms. The van der Waals surface area contributed by atoms with Gasteiger partial charge < -0.3 is 0 Å². The van der Waals surface area contributed by atoms with Crippen molar-refractivity contribution in [1.82, 2.24) is 9.78 Å². The van der Waals surface area contributed by atoms with Crippen molar-refractivity contribution in [2.24, 2.45) is 7.05 Å². The smallest absolute Gasteiger partial charge is 0.0671 e. The number of rotatable bonds is 2. The summed E-state index contributed by atoms with van der Waals surface area (Å²) in [6.07, 6.45) is 0. The molecule has 0 fully saturated rings. The van der Waals surface area contributed by atoms with Crippen molar-refractivity contribution in [3.05, 3.63) is 23.5 Å². The molecule has 1 aromatic rings. The Hall–Kier alpha value is -0.570. The van der Waals surface area contributed by atoms with Crippen molar-refractivity contribution in [2.75, 3.05) is 5.33 Å². The quantitative estimate of drug-likeness (QED) is 0.712. The van der Waals surface area contributed by atoms with Gasteiger partial charge in [0.25, 0.3) is 0 Å². The van der Waals surface area contributed by atoms with Crippen molar-refractivity contribution in [3.8, 4) is 0 Å². The van der Waals surface area contributed by atoms with Crippen molar-refractivity contribution in [1.29, 1.82) is 0 Å². The monoisotopic (exact) mass is 228 g/mol. The molecular weight excluding hydrogens is 216 g/mol. The van der Waals surface area contributed by atoms with Gasteiger partial charge in [-0.3, -0.25) is 4.68 Å². The molecule has 0 aliphatic heterocycles. The van der Waals surface area contributed by atoms with Crippen LogP contribution in [0, 0.1) is 13.8 Å². The first kappa shape index (κ1) is 9.52. The van der Waals surface area contributed by atoms with Gasteiger partial charge in [-0.25, -0.2) is 0 Å². The van der Waals surface area contributed by atoms with Crippen LogP contribution in [0.3, 0.4) is 0 Å². The van der Waals surface area contributed by atoms with Crippen LogP contribution in [0.25, 0.3) is 5.57 Å². The maximum absolute atomic E-state index is 4.31. The minimum Gasteiger partial charge on any atom is -0.272 e. The fourth-order valence-corrected chi connectivity index (χ4v) is 1.63. The summed E-state index contributed by atoms with van der Waals surface area (Å²) in [5, 5.41) is 5.12. The van der Waals surface area contributed by atoms with Crippen molar-refractivity contribution in [3.63, 3.8) is 0 Å². The van der Waals surface area contributed by atoms with Gasteiger partial charge in [-0.1, -0.05) is 22.5 Å². The first-order valence-corrected chi connectivity index (χ1v) is 4.94. The first-order valence-electron chi connectivity index (χ1n) is 3.82. The molecule has 0 aromatic carbocycles. The van der Waals surface area contributed by atoms with Gasteiger partial charge in [0, 0.05) is 23.6 Å². The van der Waals surface area contributed by atoms with Gasteiger partial charge in [0.2, 0.25) is 0 Å². The third kappa shape index (κ3) is 1.46. The van der Waals surface area contributed by atoms with E-state index in [1.54, 1.807) is 0 Å². The van der Waals surface area contributed by atoms with E-state index < -0.39 is 0 Å². The van der Waals surface area contributed by atoms with Crippen molar-refractivity contribution < 1.29 is 0 Å². The lowest BCUT2D eigenvalue weighted by Crippen LogP contribution is -1.93. The maximum atomic E-state index is 4.31. The van der Waals surface area contributed by atoms with E-state index in [9.17, 15) is 0 Å². The topological polar surface area (TPSA) is 17.8 Å². The molecule has 2 nitrogen and oxygen atoms in total. The molecule has 0 aliphatic rings. The Morgan fingerprint density at radius 2 is 2.17 bits per heavy atom. The molecule has 1 aromatic heterocycles. The Labute approximate surface area is 81.4 Å². The molecule has 1 heterocycles. The summed E-state index contributed by atoms with van der Waals surface area (Å²) < 4.78 is 1.89. The number of alkyl halides is 1. The Kier molecular flexibility index (Phi) is 2.73. The molecule has 0 aliphatic carbocycles. The molecule has 0 saturated heterocycles. The Morgan fingerprint density at radius 3 is 2.50 bits per heavy atom. The molecular formula is C9H13BrN2.